The minimum absolute atomic E-state index is 0.0269. The standard InChI is InChI=1S/C13H16ClNO2/c14-11-5-2-1-4-10(11)13(6-7-13)12(17)15-8-3-9-16/h1-2,4-5,16H,3,6-9H2,(H,15,17). The average Bonchev–Trinajstić information content (AvgIpc) is 3.11. The van der Waals surface area contributed by atoms with Crippen molar-refractivity contribution in [1.29, 1.82) is 0 Å². The molecule has 92 valence electrons. The van der Waals surface area contributed by atoms with E-state index in [2.05, 4.69) is 5.32 Å². The molecule has 1 aliphatic carbocycles. The molecule has 0 radical (unpaired) electrons. The highest BCUT2D eigenvalue weighted by molar-refractivity contribution is 6.31. The number of amides is 1. The third-order valence-corrected chi connectivity index (χ3v) is 3.52. The van der Waals surface area contributed by atoms with Crippen LogP contribution in [0.25, 0.3) is 0 Å². The SMILES string of the molecule is O=C(NCCCO)C1(c2ccccc2Cl)CC1. The van der Waals surface area contributed by atoms with Gasteiger partial charge in [0.25, 0.3) is 0 Å². The summed E-state index contributed by atoms with van der Waals surface area (Å²) in [7, 11) is 0. The Labute approximate surface area is 106 Å². The molecule has 0 heterocycles. The third-order valence-electron chi connectivity index (χ3n) is 3.19. The van der Waals surface area contributed by atoms with Crippen molar-refractivity contribution < 1.29 is 9.90 Å². The van der Waals surface area contributed by atoms with Crippen molar-refractivity contribution in [2.24, 2.45) is 0 Å². The van der Waals surface area contributed by atoms with Crippen molar-refractivity contribution in [3.8, 4) is 0 Å². The van der Waals surface area contributed by atoms with Crippen molar-refractivity contribution in [3.05, 3.63) is 34.9 Å². The van der Waals surface area contributed by atoms with E-state index >= 15 is 0 Å². The summed E-state index contributed by atoms with van der Waals surface area (Å²) in [6, 6.07) is 7.51. The second-order valence-electron chi connectivity index (χ2n) is 4.40. The van der Waals surface area contributed by atoms with Crippen molar-refractivity contribution in [2.75, 3.05) is 13.2 Å². The van der Waals surface area contributed by atoms with Gasteiger partial charge < -0.3 is 10.4 Å². The Morgan fingerprint density at radius 1 is 1.41 bits per heavy atom. The van der Waals surface area contributed by atoms with Gasteiger partial charge in [-0.25, -0.2) is 0 Å². The van der Waals surface area contributed by atoms with Gasteiger partial charge in [0.1, 0.15) is 0 Å². The Kier molecular flexibility index (Phi) is 3.69. The molecular formula is C13H16ClNO2. The van der Waals surface area contributed by atoms with Gasteiger partial charge in [-0.2, -0.15) is 0 Å². The number of hydrogen-bond donors (Lipinski definition) is 2. The van der Waals surface area contributed by atoms with E-state index in [-0.39, 0.29) is 12.5 Å². The molecule has 1 fully saturated rings. The molecule has 1 saturated carbocycles. The molecule has 0 aliphatic heterocycles. The molecule has 2 N–H and O–H groups in total. The van der Waals surface area contributed by atoms with E-state index in [1.807, 2.05) is 24.3 Å². The number of aliphatic hydroxyl groups excluding tert-OH is 1. The van der Waals surface area contributed by atoms with Crippen molar-refractivity contribution in [1.82, 2.24) is 5.32 Å². The predicted octanol–water partition coefficient (Wildman–Crippen LogP) is 1.87. The van der Waals surface area contributed by atoms with Gasteiger partial charge in [-0.15, -0.1) is 0 Å². The highest BCUT2D eigenvalue weighted by atomic mass is 35.5. The van der Waals surface area contributed by atoms with E-state index in [0.717, 1.165) is 18.4 Å². The smallest absolute Gasteiger partial charge is 0.230 e. The van der Waals surface area contributed by atoms with Crippen LogP contribution >= 0.6 is 11.6 Å². The van der Waals surface area contributed by atoms with Crippen LogP contribution in [0.3, 0.4) is 0 Å². The van der Waals surface area contributed by atoms with E-state index in [0.29, 0.717) is 18.0 Å². The van der Waals surface area contributed by atoms with Gasteiger partial charge in [-0.3, -0.25) is 4.79 Å². The topological polar surface area (TPSA) is 49.3 Å². The first-order valence-corrected chi connectivity index (χ1v) is 6.23. The third kappa shape index (κ3) is 2.45. The lowest BCUT2D eigenvalue weighted by Gasteiger charge is -2.16. The summed E-state index contributed by atoms with van der Waals surface area (Å²) in [5.41, 5.74) is 0.497. The van der Waals surface area contributed by atoms with Crippen molar-refractivity contribution >= 4 is 17.5 Å². The van der Waals surface area contributed by atoms with E-state index in [4.69, 9.17) is 16.7 Å². The summed E-state index contributed by atoms with van der Waals surface area (Å²) in [5, 5.41) is 12.2. The van der Waals surface area contributed by atoms with Crippen LogP contribution in [0.5, 0.6) is 0 Å². The first kappa shape index (κ1) is 12.4. The molecule has 0 saturated heterocycles. The van der Waals surface area contributed by atoms with E-state index in [1.54, 1.807) is 0 Å². The van der Waals surface area contributed by atoms with Crippen LogP contribution in [0.2, 0.25) is 5.02 Å². The number of hydrogen-bond acceptors (Lipinski definition) is 2. The zero-order valence-corrected chi connectivity index (χ0v) is 10.3. The lowest BCUT2D eigenvalue weighted by atomic mass is 9.95. The minimum Gasteiger partial charge on any atom is -0.396 e. The van der Waals surface area contributed by atoms with Gasteiger partial charge >= 0.3 is 0 Å². The molecule has 3 nitrogen and oxygen atoms in total. The second kappa shape index (κ2) is 5.07. The van der Waals surface area contributed by atoms with E-state index < -0.39 is 5.41 Å². The Bertz CT molecular complexity index is 416. The quantitative estimate of drug-likeness (QED) is 0.787. The molecular weight excluding hydrogens is 238 g/mol. The fraction of sp³-hybridized carbons (Fsp3) is 0.462. The molecule has 1 amide bonds. The number of nitrogens with one attached hydrogen (secondary N) is 1. The normalized spacial score (nSPS) is 16.6. The van der Waals surface area contributed by atoms with Gasteiger partial charge in [-0.1, -0.05) is 29.8 Å². The Morgan fingerprint density at radius 2 is 2.12 bits per heavy atom. The molecule has 2 rings (SSSR count). The van der Waals surface area contributed by atoms with Crippen molar-refractivity contribution in [3.63, 3.8) is 0 Å². The summed E-state index contributed by atoms with van der Waals surface area (Å²) in [4.78, 5) is 12.1. The summed E-state index contributed by atoms with van der Waals surface area (Å²) < 4.78 is 0. The number of benzene rings is 1. The van der Waals surface area contributed by atoms with Crippen LogP contribution in [0, 0.1) is 0 Å². The van der Waals surface area contributed by atoms with Gasteiger partial charge in [-0.05, 0) is 30.9 Å². The maximum Gasteiger partial charge on any atom is 0.230 e. The molecule has 4 heteroatoms. The number of carbonyl (C=O) groups excluding carboxylic acids is 1. The van der Waals surface area contributed by atoms with Crippen LogP contribution < -0.4 is 5.32 Å². The van der Waals surface area contributed by atoms with Crippen LogP contribution in [-0.2, 0) is 10.2 Å². The largest absolute Gasteiger partial charge is 0.396 e. The molecule has 1 aromatic carbocycles. The summed E-state index contributed by atoms with van der Waals surface area (Å²) in [6.07, 6.45) is 2.29. The molecule has 17 heavy (non-hydrogen) atoms. The van der Waals surface area contributed by atoms with Crippen LogP contribution in [0.15, 0.2) is 24.3 Å². The fourth-order valence-corrected chi connectivity index (χ4v) is 2.36. The number of carbonyl (C=O) groups is 1. The Balaban J connectivity index is 2.09. The van der Waals surface area contributed by atoms with Gasteiger partial charge in [0, 0.05) is 18.2 Å². The summed E-state index contributed by atoms with van der Waals surface area (Å²) in [6.45, 7) is 0.612. The van der Waals surface area contributed by atoms with Crippen LogP contribution in [0.4, 0.5) is 0 Å². The number of aliphatic hydroxyl groups is 1. The molecule has 0 spiro atoms. The van der Waals surface area contributed by atoms with Gasteiger partial charge in [0.15, 0.2) is 0 Å². The molecule has 0 bridgehead atoms. The van der Waals surface area contributed by atoms with E-state index in [9.17, 15) is 4.79 Å². The van der Waals surface area contributed by atoms with Gasteiger partial charge in [0.2, 0.25) is 5.91 Å². The molecule has 0 unspecified atom stereocenters. The van der Waals surface area contributed by atoms with Crippen molar-refractivity contribution in [2.45, 2.75) is 24.7 Å². The Hall–Kier alpha value is -1.06. The zero-order valence-electron chi connectivity index (χ0n) is 9.58. The monoisotopic (exact) mass is 253 g/mol. The number of rotatable bonds is 5. The van der Waals surface area contributed by atoms with Crippen LogP contribution in [-0.4, -0.2) is 24.2 Å². The van der Waals surface area contributed by atoms with Gasteiger partial charge in [0.05, 0.1) is 5.41 Å². The summed E-state index contributed by atoms with van der Waals surface area (Å²) in [5.74, 6) is 0.0269. The first-order valence-electron chi connectivity index (χ1n) is 5.85. The highest BCUT2D eigenvalue weighted by Gasteiger charge is 2.51. The molecule has 0 atom stereocenters. The fourth-order valence-electron chi connectivity index (χ4n) is 2.04. The number of halogens is 1. The lowest BCUT2D eigenvalue weighted by molar-refractivity contribution is -0.123. The highest BCUT2D eigenvalue weighted by Crippen LogP contribution is 2.50. The predicted molar refractivity (Wildman–Crippen MR) is 67.1 cm³/mol. The first-order chi connectivity index (χ1) is 8.20. The molecule has 0 aromatic heterocycles. The average molecular weight is 254 g/mol. The molecule has 1 aliphatic rings. The zero-order chi connectivity index (χ0) is 12.3. The lowest BCUT2D eigenvalue weighted by Crippen LogP contribution is -2.35. The maximum absolute atomic E-state index is 12.1. The maximum atomic E-state index is 12.1. The minimum atomic E-state index is -0.423. The summed E-state index contributed by atoms with van der Waals surface area (Å²) >= 11 is 6.13. The second-order valence-corrected chi connectivity index (χ2v) is 4.80. The van der Waals surface area contributed by atoms with E-state index in [1.165, 1.54) is 0 Å². The Morgan fingerprint density at radius 3 is 2.71 bits per heavy atom. The van der Waals surface area contributed by atoms with Crippen LogP contribution in [0.1, 0.15) is 24.8 Å². The molecule has 1 aromatic rings.